The first-order chi connectivity index (χ1) is 7.78. The molecule has 1 aromatic heterocycles. The fourth-order valence-electron chi connectivity index (χ4n) is 1.99. The molecule has 0 spiro atoms. The molecule has 1 rings (SSSR count). The third-order valence-corrected chi connectivity index (χ3v) is 2.80. The van der Waals surface area contributed by atoms with Gasteiger partial charge in [0.1, 0.15) is 0 Å². The third-order valence-electron chi connectivity index (χ3n) is 2.80. The lowest BCUT2D eigenvalue weighted by molar-refractivity contribution is 0.188. The normalized spacial score (nSPS) is 11.0. The number of nitrogens with zero attached hydrogens (tertiary/aromatic N) is 2. The van der Waals surface area contributed by atoms with Gasteiger partial charge in [0, 0.05) is 31.5 Å². The quantitative estimate of drug-likeness (QED) is 0.717. The molecule has 0 atom stereocenters. The number of aromatic nitrogens is 2. The van der Waals surface area contributed by atoms with Gasteiger partial charge in [-0.05, 0) is 19.3 Å². The van der Waals surface area contributed by atoms with Crippen molar-refractivity contribution in [3.05, 3.63) is 17.0 Å². The first-order valence-corrected chi connectivity index (χ1v) is 5.95. The van der Waals surface area contributed by atoms with E-state index in [-0.39, 0.29) is 6.61 Å². The minimum Gasteiger partial charge on any atom is -0.392 e. The molecule has 0 aliphatic carbocycles. The molecule has 0 saturated heterocycles. The molecule has 0 radical (unpaired) electrons. The number of hydrogen-bond donors (Lipinski definition) is 1. The molecule has 0 bridgehead atoms. The van der Waals surface area contributed by atoms with Crippen LogP contribution in [0.2, 0.25) is 0 Å². The van der Waals surface area contributed by atoms with Crippen LogP contribution < -0.4 is 0 Å². The van der Waals surface area contributed by atoms with Gasteiger partial charge < -0.3 is 9.84 Å². The lowest BCUT2D eigenvalue weighted by Crippen LogP contribution is -2.07. The largest absolute Gasteiger partial charge is 0.392 e. The maximum Gasteiger partial charge on any atom is 0.0718 e. The van der Waals surface area contributed by atoms with Crippen LogP contribution in [-0.2, 0) is 30.7 Å². The number of aliphatic hydroxyl groups excluding tert-OH is 1. The summed E-state index contributed by atoms with van der Waals surface area (Å²) in [6.07, 6.45) is 2.75. The Balaban J connectivity index is 2.85. The fourth-order valence-corrected chi connectivity index (χ4v) is 1.99. The summed E-state index contributed by atoms with van der Waals surface area (Å²) in [5.41, 5.74) is 3.20. The average molecular weight is 226 g/mol. The van der Waals surface area contributed by atoms with Gasteiger partial charge in [-0.3, -0.25) is 4.68 Å². The van der Waals surface area contributed by atoms with Gasteiger partial charge >= 0.3 is 0 Å². The third kappa shape index (κ3) is 2.83. The van der Waals surface area contributed by atoms with E-state index in [0.717, 1.165) is 49.4 Å². The molecule has 1 aromatic rings. The Morgan fingerprint density at radius 2 is 2.06 bits per heavy atom. The Morgan fingerprint density at radius 1 is 1.31 bits per heavy atom. The van der Waals surface area contributed by atoms with Crippen LogP contribution in [0.25, 0.3) is 0 Å². The molecule has 0 fully saturated rings. The first kappa shape index (κ1) is 13.2. The summed E-state index contributed by atoms with van der Waals surface area (Å²) in [7, 11) is 1.71. The molecule has 4 heteroatoms. The summed E-state index contributed by atoms with van der Waals surface area (Å²) in [4.78, 5) is 0. The van der Waals surface area contributed by atoms with E-state index in [9.17, 15) is 5.11 Å². The van der Waals surface area contributed by atoms with Crippen LogP contribution in [-0.4, -0.2) is 28.6 Å². The molecule has 1 N–H and O–H groups in total. The van der Waals surface area contributed by atoms with Crippen LogP contribution in [0.4, 0.5) is 0 Å². The average Bonchev–Trinajstić information content (AvgIpc) is 2.66. The predicted molar refractivity (Wildman–Crippen MR) is 63.4 cm³/mol. The van der Waals surface area contributed by atoms with Gasteiger partial charge in [-0.1, -0.05) is 13.8 Å². The minimum absolute atomic E-state index is 0.0939. The van der Waals surface area contributed by atoms with E-state index in [1.54, 1.807) is 7.11 Å². The fraction of sp³-hybridized carbons (Fsp3) is 0.750. The Hall–Kier alpha value is -0.870. The number of aryl methyl sites for hydroxylation is 2. The maximum atomic E-state index is 9.37. The summed E-state index contributed by atoms with van der Waals surface area (Å²) >= 11 is 0. The molecule has 1 heterocycles. The van der Waals surface area contributed by atoms with Crippen LogP contribution in [0, 0.1) is 0 Å². The molecule has 0 aromatic carbocycles. The van der Waals surface area contributed by atoms with Crippen LogP contribution in [0.15, 0.2) is 0 Å². The van der Waals surface area contributed by atoms with Crippen molar-refractivity contribution in [1.29, 1.82) is 0 Å². The maximum absolute atomic E-state index is 9.37. The van der Waals surface area contributed by atoms with Crippen molar-refractivity contribution < 1.29 is 9.84 Å². The monoisotopic (exact) mass is 226 g/mol. The Bertz CT molecular complexity index is 321. The topological polar surface area (TPSA) is 47.3 Å². The van der Waals surface area contributed by atoms with E-state index in [4.69, 9.17) is 4.74 Å². The second-order valence-electron chi connectivity index (χ2n) is 3.81. The van der Waals surface area contributed by atoms with Gasteiger partial charge in [-0.15, -0.1) is 0 Å². The number of ether oxygens (including phenoxy) is 1. The van der Waals surface area contributed by atoms with Crippen molar-refractivity contribution in [1.82, 2.24) is 9.78 Å². The second-order valence-corrected chi connectivity index (χ2v) is 3.81. The molecule has 0 amide bonds. The van der Waals surface area contributed by atoms with Gasteiger partial charge in [0.2, 0.25) is 0 Å². The lowest BCUT2D eigenvalue weighted by atomic mass is 10.1. The zero-order valence-corrected chi connectivity index (χ0v) is 10.5. The van der Waals surface area contributed by atoms with E-state index in [0.29, 0.717) is 0 Å². The van der Waals surface area contributed by atoms with Crippen molar-refractivity contribution in [2.24, 2.45) is 0 Å². The summed E-state index contributed by atoms with van der Waals surface area (Å²) in [6.45, 7) is 5.88. The van der Waals surface area contributed by atoms with Crippen molar-refractivity contribution in [2.45, 2.75) is 46.3 Å². The molecule has 4 nitrogen and oxygen atoms in total. The Labute approximate surface area is 97.2 Å². The summed E-state index contributed by atoms with van der Waals surface area (Å²) in [6, 6.07) is 0. The SMILES string of the molecule is CCc1nn(CCCOC)c(CC)c1CO. The number of aliphatic hydroxyl groups is 1. The van der Waals surface area contributed by atoms with Crippen molar-refractivity contribution in [3.8, 4) is 0 Å². The Morgan fingerprint density at radius 3 is 2.56 bits per heavy atom. The summed E-state index contributed by atoms with van der Waals surface area (Å²) in [5.74, 6) is 0. The van der Waals surface area contributed by atoms with Gasteiger partial charge in [0.05, 0.1) is 12.3 Å². The highest BCUT2D eigenvalue weighted by Gasteiger charge is 2.13. The molecule has 92 valence electrons. The van der Waals surface area contributed by atoms with Crippen molar-refractivity contribution >= 4 is 0 Å². The van der Waals surface area contributed by atoms with Crippen molar-refractivity contribution in [2.75, 3.05) is 13.7 Å². The van der Waals surface area contributed by atoms with Crippen LogP contribution in [0.5, 0.6) is 0 Å². The minimum atomic E-state index is 0.0939. The predicted octanol–water partition coefficient (Wildman–Crippen LogP) is 1.54. The van der Waals surface area contributed by atoms with Crippen LogP contribution >= 0.6 is 0 Å². The molecule has 0 aliphatic heterocycles. The molecular weight excluding hydrogens is 204 g/mol. The number of hydrogen-bond acceptors (Lipinski definition) is 3. The van der Waals surface area contributed by atoms with Gasteiger partial charge in [-0.2, -0.15) is 5.10 Å². The van der Waals surface area contributed by atoms with E-state index in [1.165, 1.54) is 0 Å². The molecule has 0 unspecified atom stereocenters. The van der Waals surface area contributed by atoms with E-state index in [2.05, 4.69) is 18.9 Å². The highest BCUT2D eigenvalue weighted by Crippen LogP contribution is 2.16. The summed E-state index contributed by atoms with van der Waals surface area (Å²) < 4.78 is 7.05. The Kier molecular flexibility index (Phi) is 5.49. The van der Waals surface area contributed by atoms with Gasteiger partial charge in [0.15, 0.2) is 0 Å². The highest BCUT2D eigenvalue weighted by molar-refractivity contribution is 5.25. The smallest absolute Gasteiger partial charge is 0.0718 e. The molecule has 16 heavy (non-hydrogen) atoms. The lowest BCUT2D eigenvalue weighted by Gasteiger charge is -2.06. The highest BCUT2D eigenvalue weighted by atomic mass is 16.5. The van der Waals surface area contributed by atoms with Crippen LogP contribution in [0.1, 0.15) is 37.2 Å². The number of rotatable bonds is 7. The molecule has 0 aliphatic rings. The number of methoxy groups -OCH3 is 1. The van der Waals surface area contributed by atoms with Crippen LogP contribution in [0.3, 0.4) is 0 Å². The zero-order valence-electron chi connectivity index (χ0n) is 10.5. The standard InChI is InChI=1S/C12H22N2O2/c1-4-11-10(9-15)12(5-2)14(13-11)7-6-8-16-3/h15H,4-9H2,1-3H3. The van der Waals surface area contributed by atoms with Gasteiger partial charge in [0.25, 0.3) is 0 Å². The zero-order chi connectivity index (χ0) is 12.0. The molecule has 0 saturated carbocycles. The van der Waals surface area contributed by atoms with Gasteiger partial charge in [-0.25, -0.2) is 0 Å². The molecular formula is C12H22N2O2. The van der Waals surface area contributed by atoms with E-state index >= 15 is 0 Å². The van der Waals surface area contributed by atoms with E-state index < -0.39 is 0 Å². The van der Waals surface area contributed by atoms with Crippen molar-refractivity contribution in [3.63, 3.8) is 0 Å². The first-order valence-electron chi connectivity index (χ1n) is 5.95. The van der Waals surface area contributed by atoms with E-state index in [1.807, 2.05) is 4.68 Å². The second kappa shape index (κ2) is 6.66. The summed E-state index contributed by atoms with van der Waals surface area (Å²) in [5, 5.41) is 13.9.